The van der Waals surface area contributed by atoms with Gasteiger partial charge in [0.15, 0.2) is 0 Å². The van der Waals surface area contributed by atoms with Crippen LogP contribution in [-0.4, -0.2) is 37.3 Å². The Morgan fingerprint density at radius 1 is 1.35 bits per heavy atom. The topological polar surface area (TPSA) is 70.5 Å². The number of aromatic nitrogens is 2. The van der Waals surface area contributed by atoms with Gasteiger partial charge in [-0.3, -0.25) is 4.79 Å². The Morgan fingerprint density at radius 3 is 2.71 bits per heavy atom. The molecule has 1 aromatic heterocycles. The highest BCUT2D eigenvalue weighted by Crippen LogP contribution is 2.18. The monoisotopic (exact) mass is 238 g/mol. The van der Waals surface area contributed by atoms with Crippen LogP contribution in [0.4, 0.5) is 0 Å². The second-order valence-electron chi connectivity index (χ2n) is 3.00. The van der Waals surface area contributed by atoms with Crippen molar-refractivity contribution in [1.82, 2.24) is 9.97 Å². The van der Waals surface area contributed by atoms with Crippen molar-refractivity contribution in [2.75, 3.05) is 21.3 Å². The molecule has 1 heterocycles. The predicted molar refractivity (Wildman–Crippen MR) is 60.8 cm³/mol. The van der Waals surface area contributed by atoms with Crippen LogP contribution in [0.1, 0.15) is 12.0 Å². The van der Waals surface area contributed by atoms with Gasteiger partial charge in [0.2, 0.25) is 5.88 Å². The molecule has 0 bridgehead atoms. The van der Waals surface area contributed by atoms with Crippen molar-refractivity contribution < 1.29 is 19.0 Å². The van der Waals surface area contributed by atoms with Gasteiger partial charge in [-0.05, 0) is 0 Å². The van der Waals surface area contributed by atoms with Crippen molar-refractivity contribution in [3.8, 4) is 11.9 Å². The molecule has 0 saturated carbocycles. The molecule has 0 N–H and O–H groups in total. The van der Waals surface area contributed by atoms with Crippen LogP contribution in [0, 0.1) is 0 Å². The molecule has 0 amide bonds. The average Bonchev–Trinajstić information content (AvgIpc) is 2.38. The van der Waals surface area contributed by atoms with E-state index in [-0.39, 0.29) is 18.4 Å². The van der Waals surface area contributed by atoms with E-state index in [2.05, 4.69) is 14.7 Å². The Labute approximate surface area is 99.2 Å². The second-order valence-corrected chi connectivity index (χ2v) is 3.00. The second kappa shape index (κ2) is 6.47. The summed E-state index contributed by atoms with van der Waals surface area (Å²) in [5.41, 5.74) is 0.664. The van der Waals surface area contributed by atoms with Crippen LogP contribution in [0.5, 0.6) is 11.9 Å². The first-order valence-corrected chi connectivity index (χ1v) is 4.89. The lowest BCUT2D eigenvalue weighted by Crippen LogP contribution is -1.98. The van der Waals surface area contributed by atoms with E-state index in [1.807, 2.05) is 0 Å². The molecule has 0 spiro atoms. The van der Waals surface area contributed by atoms with Gasteiger partial charge in [0, 0.05) is 6.20 Å². The number of hydrogen-bond donors (Lipinski definition) is 0. The number of nitrogens with zero attached hydrogens (tertiary/aromatic N) is 2. The van der Waals surface area contributed by atoms with Gasteiger partial charge in [0.1, 0.15) is 0 Å². The summed E-state index contributed by atoms with van der Waals surface area (Å²) in [6, 6.07) is 0.229. The van der Waals surface area contributed by atoms with Crippen molar-refractivity contribution in [2.45, 2.75) is 6.42 Å². The fraction of sp³-hybridized carbons (Fsp3) is 0.364. The molecule has 0 unspecified atom stereocenters. The predicted octanol–water partition coefficient (Wildman–Crippen LogP) is 1.07. The van der Waals surface area contributed by atoms with E-state index in [9.17, 15) is 4.79 Å². The zero-order valence-corrected chi connectivity index (χ0v) is 9.97. The smallest absolute Gasteiger partial charge is 0.319 e. The van der Waals surface area contributed by atoms with E-state index in [1.54, 1.807) is 18.3 Å². The molecule has 0 saturated heterocycles. The minimum Gasteiger partial charge on any atom is -0.480 e. The summed E-state index contributed by atoms with van der Waals surface area (Å²) >= 11 is 0. The first-order chi connectivity index (χ1) is 8.21. The summed E-state index contributed by atoms with van der Waals surface area (Å²) in [6.45, 7) is 0. The van der Waals surface area contributed by atoms with Crippen LogP contribution in [0.15, 0.2) is 12.3 Å². The van der Waals surface area contributed by atoms with Gasteiger partial charge < -0.3 is 14.2 Å². The highest BCUT2D eigenvalue weighted by molar-refractivity contribution is 5.72. The molecule has 92 valence electrons. The third kappa shape index (κ3) is 3.75. The fourth-order valence-electron chi connectivity index (χ4n) is 1.10. The molecule has 1 rings (SSSR count). The summed E-state index contributed by atoms with van der Waals surface area (Å²) in [5, 5.41) is 0. The number of hydrogen-bond acceptors (Lipinski definition) is 6. The van der Waals surface area contributed by atoms with E-state index in [0.717, 1.165) is 0 Å². The summed E-state index contributed by atoms with van der Waals surface area (Å²) in [4.78, 5) is 18.8. The molecule has 0 aromatic carbocycles. The SMILES string of the molecule is COC(=O)CC=Cc1cnc(OC)nc1OC. The lowest BCUT2D eigenvalue weighted by atomic mass is 10.2. The molecule has 0 aliphatic carbocycles. The van der Waals surface area contributed by atoms with Crippen LogP contribution < -0.4 is 9.47 Å². The lowest BCUT2D eigenvalue weighted by Gasteiger charge is -2.04. The molecule has 0 atom stereocenters. The number of esters is 1. The quantitative estimate of drug-likeness (QED) is 0.714. The molecule has 0 aliphatic rings. The molecular weight excluding hydrogens is 224 g/mol. The highest BCUT2D eigenvalue weighted by Gasteiger charge is 2.05. The molecule has 0 fully saturated rings. The molecule has 0 radical (unpaired) electrons. The Balaban J connectivity index is 2.79. The van der Waals surface area contributed by atoms with Gasteiger partial charge in [-0.25, -0.2) is 4.98 Å². The van der Waals surface area contributed by atoms with Gasteiger partial charge in [-0.2, -0.15) is 4.98 Å². The minimum absolute atomic E-state index is 0.186. The van der Waals surface area contributed by atoms with Gasteiger partial charge in [0.05, 0.1) is 33.3 Å². The normalized spacial score (nSPS) is 10.3. The largest absolute Gasteiger partial charge is 0.480 e. The van der Waals surface area contributed by atoms with Crippen LogP contribution in [-0.2, 0) is 9.53 Å². The third-order valence-corrected chi connectivity index (χ3v) is 1.94. The van der Waals surface area contributed by atoms with Crippen molar-refractivity contribution >= 4 is 12.0 Å². The lowest BCUT2D eigenvalue weighted by molar-refractivity contribution is -0.139. The Morgan fingerprint density at radius 2 is 2.12 bits per heavy atom. The summed E-state index contributed by atoms with van der Waals surface area (Å²) in [6.07, 6.45) is 5.08. The van der Waals surface area contributed by atoms with E-state index >= 15 is 0 Å². The summed E-state index contributed by atoms with van der Waals surface area (Å²) < 4.78 is 14.5. The van der Waals surface area contributed by atoms with Gasteiger partial charge in [-0.15, -0.1) is 0 Å². The van der Waals surface area contributed by atoms with E-state index in [1.165, 1.54) is 21.3 Å². The van der Waals surface area contributed by atoms with Gasteiger partial charge in [0.25, 0.3) is 0 Å². The van der Waals surface area contributed by atoms with Crippen LogP contribution in [0.2, 0.25) is 0 Å². The molecular formula is C11H14N2O4. The van der Waals surface area contributed by atoms with Crippen molar-refractivity contribution in [3.05, 3.63) is 17.8 Å². The highest BCUT2D eigenvalue weighted by atomic mass is 16.5. The van der Waals surface area contributed by atoms with Crippen molar-refractivity contribution in [3.63, 3.8) is 0 Å². The number of methoxy groups -OCH3 is 3. The van der Waals surface area contributed by atoms with Crippen LogP contribution in [0.3, 0.4) is 0 Å². The summed E-state index contributed by atoms with van der Waals surface area (Å²) in [7, 11) is 4.31. The zero-order valence-electron chi connectivity index (χ0n) is 9.97. The molecule has 17 heavy (non-hydrogen) atoms. The maximum atomic E-state index is 10.9. The van der Waals surface area contributed by atoms with E-state index < -0.39 is 0 Å². The number of carbonyl (C=O) groups is 1. The summed E-state index contributed by atoms with van der Waals surface area (Å²) in [5.74, 6) is 0.0765. The third-order valence-electron chi connectivity index (χ3n) is 1.94. The maximum absolute atomic E-state index is 10.9. The minimum atomic E-state index is -0.311. The zero-order chi connectivity index (χ0) is 12.7. The Kier molecular flexibility index (Phi) is 4.93. The van der Waals surface area contributed by atoms with E-state index in [0.29, 0.717) is 11.4 Å². The van der Waals surface area contributed by atoms with Crippen LogP contribution >= 0.6 is 0 Å². The average molecular weight is 238 g/mol. The van der Waals surface area contributed by atoms with E-state index in [4.69, 9.17) is 9.47 Å². The number of rotatable bonds is 5. The standard InChI is InChI=1S/C11H14N2O4/c1-15-9(14)6-4-5-8-7-12-11(17-3)13-10(8)16-2/h4-5,7H,6H2,1-3H3. The van der Waals surface area contributed by atoms with Gasteiger partial charge in [-0.1, -0.05) is 12.2 Å². The maximum Gasteiger partial charge on any atom is 0.319 e. The Hall–Kier alpha value is -2.11. The van der Waals surface area contributed by atoms with Crippen molar-refractivity contribution in [1.29, 1.82) is 0 Å². The molecule has 6 heteroatoms. The molecule has 1 aromatic rings. The van der Waals surface area contributed by atoms with Gasteiger partial charge >= 0.3 is 12.0 Å². The fourth-order valence-corrected chi connectivity index (χ4v) is 1.10. The van der Waals surface area contributed by atoms with Crippen molar-refractivity contribution in [2.24, 2.45) is 0 Å². The molecule has 6 nitrogen and oxygen atoms in total. The molecule has 0 aliphatic heterocycles. The Bertz CT molecular complexity index is 418. The number of ether oxygens (including phenoxy) is 3. The number of carbonyl (C=O) groups excluding carboxylic acids is 1. The first kappa shape index (κ1) is 13.0. The first-order valence-electron chi connectivity index (χ1n) is 4.89. The van der Waals surface area contributed by atoms with Crippen LogP contribution in [0.25, 0.3) is 6.08 Å².